The second-order valence-corrected chi connectivity index (χ2v) is 5.49. The molecule has 1 N–H and O–H groups in total. The summed E-state index contributed by atoms with van der Waals surface area (Å²) in [6, 6.07) is 1.28. The van der Waals surface area contributed by atoms with Crippen LogP contribution in [0.25, 0.3) is 0 Å². The Kier molecular flexibility index (Phi) is 4.71. The van der Waals surface area contributed by atoms with E-state index in [1.165, 1.54) is 12.3 Å². The van der Waals surface area contributed by atoms with Crippen LogP contribution in [-0.4, -0.2) is 30.7 Å². The summed E-state index contributed by atoms with van der Waals surface area (Å²) in [6.07, 6.45) is 1.45. The van der Waals surface area contributed by atoms with Crippen molar-refractivity contribution >= 4 is 17.4 Å². The second-order valence-electron chi connectivity index (χ2n) is 5.06. The first-order valence-corrected chi connectivity index (χ1v) is 5.94. The number of nitrogens with zero attached hydrogens (tertiary/aromatic N) is 2. The first-order valence-electron chi connectivity index (χ1n) is 5.57. The molecule has 17 heavy (non-hydrogen) atoms. The Hall–Kier alpha value is -0.870. The van der Waals surface area contributed by atoms with Crippen LogP contribution in [0.15, 0.2) is 12.3 Å². The summed E-state index contributed by atoms with van der Waals surface area (Å²) in [4.78, 5) is 5.75. The molecule has 0 aromatic carbocycles. The number of hydrogen-bond acceptors (Lipinski definition) is 3. The van der Waals surface area contributed by atoms with Gasteiger partial charge in [0, 0.05) is 31.9 Å². The zero-order valence-electron chi connectivity index (χ0n) is 10.7. The van der Waals surface area contributed by atoms with Gasteiger partial charge in [-0.2, -0.15) is 0 Å². The van der Waals surface area contributed by atoms with E-state index >= 15 is 0 Å². The summed E-state index contributed by atoms with van der Waals surface area (Å²) in [5.74, 6) is -0.0686. The summed E-state index contributed by atoms with van der Waals surface area (Å²) < 4.78 is 13.6. The number of likely N-dealkylation sites (N-methyl/N-ethyl adjacent to an activating group) is 1. The van der Waals surface area contributed by atoms with Crippen LogP contribution in [0.5, 0.6) is 0 Å². The predicted octanol–water partition coefficient (Wildman–Crippen LogP) is 2.70. The number of rotatable bonds is 4. The van der Waals surface area contributed by atoms with Gasteiger partial charge in [0.2, 0.25) is 0 Å². The topological polar surface area (TPSA) is 28.2 Å². The molecule has 0 fully saturated rings. The molecule has 5 heteroatoms. The third-order valence-corrected chi connectivity index (χ3v) is 2.46. The largest absolute Gasteiger partial charge is 0.356 e. The molecule has 1 heterocycles. The van der Waals surface area contributed by atoms with Crippen LogP contribution in [0.3, 0.4) is 0 Å². The normalized spacial score (nSPS) is 11.6. The lowest BCUT2D eigenvalue weighted by Crippen LogP contribution is -2.40. The maximum Gasteiger partial charge on any atom is 0.167 e. The smallest absolute Gasteiger partial charge is 0.167 e. The van der Waals surface area contributed by atoms with Gasteiger partial charge in [-0.15, -0.1) is 0 Å². The Labute approximate surface area is 107 Å². The Bertz CT molecular complexity index is 377. The monoisotopic (exact) mass is 259 g/mol. The number of aromatic nitrogens is 1. The van der Waals surface area contributed by atoms with Crippen LogP contribution in [0.2, 0.25) is 5.02 Å². The van der Waals surface area contributed by atoms with Gasteiger partial charge >= 0.3 is 0 Å². The fourth-order valence-corrected chi connectivity index (χ4v) is 1.54. The highest BCUT2D eigenvalue weighted by atomic mass is 35.5. The Morgan fingerprint density at radius 1 is 1.47 bits per heavy atom. The van der Waals surface area contributed by atoms with Crippen LogP contribution in [0, 0.1) is 5.82 Å². The highest BCUT2D eigenvalue weighted by Gasteiger charge is 2.12. The second kappa shape index (κ2) is 5.65. The minimum absolute atomic E-state index is 0.0623. The zero-order valence-corrected chi connectivity index (χ0v) is 11.5. The molecule has 0 radical (unpaired) electrons. The van der Waals surface area contributed by atoms with Crippen LogP contribution in [-0.2, 0) is 0 Å². The van der Waals surface area contributed by atoms with Gasteiger partial charge in [-0.1, -0.05) is 11.6 Å². The highest BCUT2D eigenvalue weighted by Crippen LogP contribution is 2.18. The molecule has 1 aromatic heterocycles. The molecule has 96 valence electrons. The Balaban J connectivity index is 2.55. The van der Waals surface area contributed by atoms with Crippen molar-refractivity contribution in [2.24, 2.45) is 0 Å². The third kappa shape index (κ3) is 4.88. The SMILES string of the molecule is CN(CCNC(C)(C)C)c1ncc(Cl)cc1F. The van der Waals surface area contributed by atoms with Crippen LogP contribution >= 0.6 is 11.6 Å². The molecule has 3 nitrogen and oxygen atoms in total. The molecule has 0 aliphatic heterocycles. The number of anilines is 1. The zero-order chi connectivity index (χ0) is 13.1. The molecule has 0 aliphatic carbocycles. The Morgan fingerprint density at radius 3 is 2.65 bits per heavy atom. The van der Waals surface area contributed by atoms with E-state index in [0.29, 0.717) is 17.4 Å². The van der Waals surface area contributed by atoms with E-state index < -0.39 is 5.82 Å². The first-order chi connectivity index (χ1) is 7.79. The summed E-state index contributed by atoms with van der Waals surface area (Å²) in [6.45, 7) is 7.73. The number of pyridine rings is 1. The van der Waals surface area contributed by atoms with E-state index in [2.05, 4.69) is 31.1 Å². The molecule has 1 rings (SSSR count). The van der Waals surface area contributed by atoms with E-state index in [-0.39, 0.29) is 5.54 Å². The Morgan fingerprint density at radius 2 is 2.12 bits per heavy atom. The summed E-state index contributed by atoms with van der Waals surface area (Å²) in [5.41, 5.74) is 0.0623. The minimum Gasteiger partial charge on any atom is -0.356 e. The van der Waals surface area contributed by atoms with E-state index in [0.717, 1.165) is 6.54 Å². The van der Waals surface area contributed by atoms with Crippen molar-refractivity contribution in [3.63, 3.8) is 0 Å². The third-order valence-electron chi connectivity index (χ3n) is 2.25. The summed E-state index contributed by atoms with van der Waals surface area (Å²) >= 11 is 5.65. The molecule has 0 atom stereocenters. The van der Waals surface area contributed by atoms with Gasteiger partial charge in [-0.25, -0.2) is 9.37 Å². The van der Waals surface area contributed by atoms with Gasteiger partial charge in [0.05, 0.1) is 5.02 Å². The number of halogens is 2. The molecule has 0 unspecified atom stereocenters. The minimum atomic E-state index is -0.393. The number of nitrogens with one attached hydrogen (secondary N) is 1. The summed E-state index contributed by atoms with van der Waals surface area (Å²) in [7, 11) is 1.81. The van der Waals surface area contributed by atoms with E-state index in [9.17, 15) is 4.39 Å². The van der Waals surface area contributed by atoms with Crippen molar-refractivity contribution in [2.75, 3.05) is 25.0 Å². The molecular formula is C12H19ClFN3. The lowest BCUT2D eigenvalue weighted by Gasteiger charge is -2.24. The van der Waals surface area contributed by atoms with Gasteiger partial charge < -0.3 is 10.2 Å². The maximum absolute atomic E-state index is 13.6. The summed E-state index contributed by atoms with van der Waals surface area (Å²) in [5, 5.41) is 3.65. The number of hydrogen-bond donors (Lipinski definition) is 1. The highest BCUT2D eigenvalue weighted by molar-refractivity contribution is 6.30. The van der Waals surface area contributed by atoms with Crippen molar-refractivity contribution in [3.05, 3.63) is 23.1 Å². The van der Waals surface area contributed by atoms with Gasteiger partial charge in [0.25, 0.3) is 0 Å². The predicted molar refractivity (Wildman–Crippen MR) is 70.2 cm³/mol. The van der Waals surface area contributed by atoms with Gasteiger partial charge in [0.1, 0.15) is 0 Å². The molecule has 0 saturated heterocycles. The fourth-order valence-electron chi connectivity index (χ4n) is 1.39. The molecule has 0 saturated carbocycles. The van der Waals surface area contributed by atoms with Gasteiger partial charge in [-0.3, -0.25) is 0 Å². The fraction of sp³-hybridized carbons (Fsp3) is 0.583. The van der Waals surface area contributed by atoms with E-state index in [4.69, 9.17) is 11.6 Å². The molecule has 0 aliphatic rings. The van der Waals surface area contributed by atoms with Gasteiger partial charge in [-0.05, 0) is 26.8 Å². The molecule has 0 spiro atoms. The van der Waals surface area contributed by atoms with E-state index in [1.54, 1.807) is 4.90 Å². The lowest BCUT2D eigenvalue weighted by atomic mass is 10.1. The molecular weight excluding hydrogens is 241 g/mol. The first kappa shape index (κ1) is 14.2. The van der Waals surface area contributed by atoms with Crippen molar-refractivity contribution in [2.45, 2.75) is 26.3 Å². The lowest BCUT2D eigenvalue weighted by molar-refractivity contribution is 0.430. The van der Waals surface area contributed by atoms with Crippen LogP contribution in [0.4, 0.5) is 10.2 Å². The van der Waals surface area contributed by atoms with Crippen molar-refractivity contribution in [3.8, 4) is 0 Å². The average Bonchev–Trinajstić information content (AvgIpc) is 2.15. The van der Waals surface area contributed by atoms with Gasteiger partial charge in [0.15, 0.2) is 11.6 Å². The van der Waals surface area contributed by atoms with Crippen molar-refractivity contribution in [1.82, 2.24) is 10.3 Å². The molecule has 0 amide bonds. The average molecular weight is 260 g/mol. The molecule has 0 bridgehead atoms. The van der Waals surface area contributed by atoms with Crippen LogP contribution in [0.1, 0.15) is 20.8 Å². The van der Waals surface area contributed by atoms with Crippen molar-refractivity contribution in [1.29, 1.82) is 0 Å². The quantitative estimate of drug-likeness (QED) is 0.901. The standard InChI is InChI=1S/C12H19ClFN3/c1-12(2,3)16-5-6-17(4)11-10(14)7-9(13)8-15-11/h7-8,16H,5-6H2,1-4H3. The van der Waals surface area contributed by atoms with Crippen LogP contribution < -0.4 is 10.2 Å². The van der Waals surface area contributed by atoms with Crippen molar-refractivity contribution < 1.29 is 4.39 Å². The maximum atomic E-state index is 13.6. The molecule has 1 aromatic rings. The van der Waals surface area contributed by atoms with E-state index in [1.807, 2.05) is 7.05 Å².